The average molecular weight is 240 g/mol. The van der Waals surface area contributed by atoms with E-state index >= 15 is 0 Å². The fourth-order valence-corrected chi connectivity index (χ4v) is 2.89. The van der Waals surface area contributed by atoms with E-state index in [4.69, 9.17) is 4.74 Å². The summed E-state index contributed by atoms with van der Waals surface area (Å²) >= 11 is 0. The molecule has 0 radical (unpaired) electrons. The maximum atomic E-state index is 12.0. The minimum atomic E-state index is -0.112. The van der Waals surface area contributed by atoms with Crippen molar-refractivity contribution in [2.75, 3.05) is 20.2 Å². The van der Waals surface area contributed by atoms with Crippen LogP contribution in [0.4, 0.5) is 0 Å². The number of ether oxygens (including phenoxy) is 1. The van der Waals surface area contributed by atoms with E-state index in [0.717, 1.165) is 25.9 Å². The zero-order valence-electron chi connectivity index (χ0n) is 11.3. The Kier molecular flexibility index (Phi) is 3.21. The Hall–Kier alpha value is -0.610. The predicted octanol–water partition coefficient (Wildman–Crippen LogP) is 0.916. The number of hydrogen-bond acceptors (Lipinski definition) is 3. The van der Waals surface area contributed by atoms with Gasteiger partial charge >= 0.3 is 0 Å². The Balaban J connectivity index is 1.91. The molecule has 98 valence electrons. The van der Waals surface area contributed by atoms with Crippen molar-refractivity contribution in [2.45, 2.75) is 45.3 Å². The van der Waals surface area contributed by atoms with E-state index in [1.54, 1.807) is 7.11 Å². The summed E-state index contributed by atoms with van der Waals surface area (Å²) < 4.78 is 5.56. The van der Waals surface area contributed by atoms with E-state index in [1.807, 2.05) is 0 Å². The first-order valence-electron chi connectivity index (χ1n) is 6.47. The zero-order valence-corrected chi connectivity index (χ0v) is 11.3. The third-order valence-corrected chi connectivity index (χ3v) is 5.03. The van der Waals surface area contributed by atoms with Gasteiger partial charge in [0, 0.05) is 25.1 Å². The van der Waals surface area contributed by atoms with Crippen molar-refractivity contribution in [1.29, 1.82) is 0 Å². The molecule has 3 atom stereocenters. The lowest BCUT2D eigenvalue weighted by atomic mass is 9.55. The number of rotatable bonds is 3. The Bertz CT molecular complexity index is 311. The number of hydrogen-bond donors (Lipinski definition) is 2. The van der Waals surface area contributed by atoms with Crippen LogP contribution in [0.3, 0.4) is 0 Å². The lowest BCUT2D eigenvalue weighted by Gasteiger charge is -2.59. The number of amides is 1. The molecule has 4 heteroatoms. The molecule has 0 spiro atoms. The van der Waals surface area contributed by atoms with Crippen LogP contribution in [0, 0.1) is 11.3 Å². The average Bonchev–Trinajstić information content (AvgIpc) is 2.81. The van der Waals surface area contributed by atoms with Gasteiger partial charge in [0.15, 0.2) is 0 Å². The molecule has 2 rings (SSSR count). The molecule has 1 heterocycles. The van der Waals surface area contributed by atoms with Gasteiger partial charge in [0.1, 0.15) is 0 Å². The summed E-state index contributed by atoms with van der Waals surface area (Å²) in [5, 5.41) is 6.40. The summed E-state index contributed by atoms with van der Waals surface area (Å²) in [5.41, 5.74) is -0.109. The molecule has 1 amide bonds. The second kappa shape index (κ2) is 4.25. The molecule has 1 saturated carbocycles. The highest BCUT2D eigenvalue weighted by molar-refractivity contribution is 5.79. The number of carbonyl (C=O) groups excluding carboxylic acids is 1. The van der Waals surface area contributed by atoms with Crippen molar-refractivity contribution in [2.24, 2.45) is 11.3 Å². The summed E-state index contributed by atoms with van der Waals surface area (Å²) in [6.07, 6.45) is 1.86. The number of nitrogens with one attached hydrogen (secondary N) is 2. The van der Waals surface area contributed by atoms with Gasteiger partial charge in [-0.3, -0.25) is 4.79 Å². The summed E-state index contributed by atoms with van der Waals surface area (Å²) in [6, 6.07) is 0.237. The van der Waals surface area contributed by atoms with Gasteiger partial charge in [0.25, 0.3) is 0 Å². The van der Waals surface area contributed by atoms with E-state index in [2.05, 4.69) is 31.4 Å². The number of methoxy groups -OCH3 is 1. The highest BCUT2D eigenvalue weighted by Crippen LogP contribution is 2.51. The van der Waals surface area contributed by atoms with Gasteiger partial charge in [-0.25, -0.2) is 0 Å². The van der Waals surface area contributed by atoms with Gasteiger partial charge in [-0.15, -0.1) is 0 Å². The fourth-order valence-electron chi connectivity index (χ4n) is 2.89. The maximum absolute atomic E-state index is 12.0. The molecule has 4 nitrogen and oxygen atoms in total. The minimum absolute atomic E-state index is 0.00342. The molecule has 2 aliphatic rings. The van der Waals surface area contributed by atoms with Crippen molar-refractivity contribution in [3.63, 3.8) is 0 Å². The van der Waals surface area contributed by atoms with Crippen LogP contribution >= 0.6 is 0 Å². The van der Waals surface area contributed by atoms with Gasteiger partial charge in [-0.2, -0.15) is 0 Å². The van der Waals surface area contributed by atoms with Crippen LogP contribution in [-0.4, -0.2) is 37.7 Å². The molecule has 2 N–H and O–H groups in total. The minimum Gasteiger partial charge on any atom is -0.378 e. The van der Waals surface area contributed by atoms with Gasteiger partial charge in [0.05, 0.1) is 11.5 Å². The SMILES string of the molecule is CO[C@]1(C)C[C@@H](NC(=O)[C@@H]2CCNC2)C1(C)C. The molecule has 0 bridgehead atoms. The molecule has 2 fully saturated rings. The van der Waals surface area contributed by atoms with Gasteiger partial charge < -0.3 is 15.4 Å². The van der Waals surface area contributed by atoms with Gasteiger partial charge in [0.2, 0.25) is 5.91 Å². The van der Waals surface area contributed by atoms with Crippen molar-refractivity contribution >= 4 is 5.91 Å². The van der Waals surface area contributed by atoms with E-state index in [-0.39, 0.29) is 28.9 Å². The van der Waals surface area contributed by atoms with Crippen LogP contribution < -0.4 is 10.6 Å². The standard InChI is InChI=1S/C13H24N2O2/c1-12(2)10(7-13(12,3)17-4)15-11(16)9-5-6-14-8-9/h9-10,14H,5-8H2,1-4H3,(H,15,16)/t9-,10-,13-/m1/s1. The second-order valence-electron chi connectivity index (χ2n) is 6.11. The number of carbonyl (C=O) groups is 1. The summed E-state index contributed by atoms with van der Waals surface area (Å²) in [6.45, 7) is 8.23. The van der Waals surface area contributed by atoms with Crippen molar-refractivity contribution in [3.8, 4) is 0 Å². The summed E-state index contributed by atoms with van der Waals surface area (Å²) in [4.78, 5) is 12.0. The Morgan fingerprint density at radius 2 is 2.12 bits per heavy atom. The molecule has 0 aromatic carbocycles. The monoisotopic (exact) mass is 240 g/mol. The molecule has 0 aromatic rings. The van der Waals surface area contributed by atoms with Crippen molar-refractivity contribution < 1.29 is 9.53 Å². The molecule has 17 heavy (non-hydrogen) atoms. The van der Waals surface area contributed by atoms with Crippen LogP contribution in [0.15, 0.2) is 0 Å². The first kappa shape index (κ1) is 12.8. The lowest BCUT2D eigenvalue weighted by molar-refractivity contribution is -0.183. The van der Waals surface area contributed by atoms with Crippen LogP contribution in [0.1, 0.15) is 33.6 Å². The Labute approximate surface area is 103 Å². The van der Waals surface area contributed by atoms with Gasteiger partial charge in [-0.1, -0.05) is 13.8 Å². The van der Waals surface area contributed by atoms with E-state index < -0.39 is 0 Å². The molecule has 1 aliphatic heterocycles. The smallest absolute Gasteiger partial charge is 0.224 e. The molecular formula is C13H24N2O2. The highest BCUT2D eigenvalue weighted by atomic mass is 16.5. The molecule has 1 saturated heterocycles. The first-order valence-corrected chi connectivity index (χ1v) is 6.47. The van der Waals surface area contributed by atoms with Crippen LogP contribution in [0.5, 0.6) is 0 Å². The third kappa shape index (κ3) is 1.97. The highest BCUT2D eigenvalue weighted by Gasteiger charge is 2.58. The second-order valence-corrected chi connectivity index (χ2v) is 6.11. The molecule has 0 unspecified atom stereocenters. The zero-order chi connectivity index (χ0) is 12.7. The topological polar surface area (TPSA) is 50.4 Å². The molecular weight excluding hydrogens is 216 g/mol. The third-order valence-electron chi connectivity index (χ3n) is 5.03. The van der Waals surface area contributed by atoms with Crippen LogP contribution in [0.25, 0.3) is 0 Å². The molecule has 0 aromatic heterocycles. The normalized spacial score (nSPS) is 39.8. The lowest BCUT2D eigenvalue weighted by Crippen LogP contribution is -2.69. The van der Waals surface area contributed by atoms with Crippen LogP contribution in [-0.2, 0) is 9.53 Å². The summed E-state index contributed by atoms with van der Waals surface area (Å²) in [5.74, 6) is 0.353. The van der Waals surface area contributed by atoms with E-state index in [1.165, 1.54) is 0 Å². The van der Waals surface area contributed by atoms with Crippen molar-refractivity contribution in [3.05, 3.63) is 0 Å². The van der Waals surface area contributed by atoms with Crippen molar-refractivity contribution in [1.82, 2.24) is 10.6 Å². The first-order chi connectivity index (χ1) is 7.90. The van der Waals surface area contributed by atoms with Gasteiger partial charge in [-0.05, 0) is 26.3 Å². The fraction of sp³-hybridized carbons (Fsp3) is 0.923. The van der Waals surface area contributed by atoms with E-state index in [9.17, 15) is 4.79 Å². The largest absolute Gasteiger partial charge is 0.378 e. The Morgan fingerprint density at radius 1 is 1.41 bits per heavy atom. The predicted molar refractivity (Wildman–Crippen MR) is 66.7 cm³/mol. The van der Waals surface area contributed by atoms with E-state index in [0.29, 0.717) is 0 Å². The molecule has 1 aliphatic carbocycles. The quantitative estimate of drug-likeness (QED) is 0.771. The maximum Gasteiger partial charge on any atom is 0.224 e. The summed E-state index contributed by atoms with van der Waals surface area (Å²) in [7, 11) is 1.75. The Morgan fingerprint density at radius 3 is 2.59 bits per heavy atom. The van der Waals surface area contributed by atoms with Crippen LogP contribution in [0.2, 0.25) is 0 Å².